The normalized spacial score (nSPS) is 10.2. The molecule has 19 heavy (non-hydrogen) atoms. The van der Waals surface area contributed by atoms with Crippen molar-refractivity contribution in [3.05, 3.63) is 41.9 Å². The first-order chi connectivity index (χ1) is 9.27. The summed E-state index contributed by atoms with van der Waals surface area (Å²) in [5, 5.41) is 2.59. The molecule has 100 valence electrons. The minimum Gasteiger partial charge on any atom is -0.494 e. The van der Waals surface area contributed by atoms with Crippen LogP contribution in [-0.4, -0.2) is 24.5 Å². The third-order valence-electron chi connectivity index (χ3n) is 2.63. The van der Waals surface area contributed by atoms with E-state index in [-0.39, 0.29) is 5.91 Å². The first kappa shape index (κ1) is 13.5. The number of hydrogen-bond donors (Lipinski definition) is 0. The number of carbonyl (C=O) groups is 1. The van der Waals surface area contributed by atoms with Crippen molar-refractivity contribution in [1.29, 1.82) is 0 Å². The second-order valence-corrected chi connectivity index (χ2v) is 4.91. The Morgan fingerprint density at radius 3 is 2.84 bits per heavy atom. The molecule has 5 heteroatoms. The van der Waals surface area contributed by atoms with Gasteiger partial charge in [0, 0.05) is 25.0 Å². The second-order valence-electron chi connectivity index (χ2n) is 4.03. The summed E-state index contributed by atoms with van der Waals surface area (Å²) in [7, 11) is 1.75. The van der Waals surface area contributed by atoms with Crippen molar-refractivity contribution in [2.24, 2.45) is 0 Å². The average Bonchev–Trinajstić information content (AvgIpc) is 2.98. The molecule has 1 heterocycles. The summed E-state index contributed by atoms with van der Waals surface area (Å²) in [6.07, 6.45) is 2.86. The Morgan fingerprint density at radius 2 is 2.16 bits per heavy atom. The lowest BCUT2D eigenvalue weighted by molar-refractivity contribution is -0.118. The van der Waals surface area contributed by atoms with Gasteiger partial charge in [0.15, 0.2) is 5.13 Å². The fourth-order valence-corrected chi connectivity index (χ4v) is 2.21. The summed E-state index contributed by atoms with van der Waals surface area (Å²) in [5.41, 5.74) is 0. The number of rotatable bonds is 6. The maximum absolute atomic E-state index is 11.9. The smallest absolute Gasteiger partial charge is 0.228 e. The fraction of sp³-hybridized carbons (Fsp3) is 0.286. The van der Waals surface area contributed by atoms with Gasteiger partial charge in [-0.25, -0.2) is 4.98 Å². The van der Waals surface area contributed by atoms with E-state index in [4.69, 9.17) is 4.74 Å². The molecular formula is C14H16N2O2S. The van der Waals surface area contributed by atoms with Gasteiger partial charge >= 0.3 is 0 Å². The van der Waals surface area contributed by atoms with Crippen LogP contribution in [0.4, 0.5) is 5.13 Å². The summed E-state index contributed by atoms with van der Waals surface area (Å²) < 4.78 is 5.54. The number of hydrogen-bond acceptors (Lipinski definition) is 4. The van der Waals surface area contributed by atoms with Crippen LogP contribution in [0.3, 0.4) is 0 Å². The van der Waals surface area contributed by atoms with Crippen molar-refractivity contribution in [2.45, 2.75) is 12.8 Å². The average molecular weight is 276 g/mol. The Balaban J connectivity index is 1.70. The molecule has 0 atom stereocenters. The van der Waals surface area contributed by atoms with Crippen LogP contribution >= 0.6 is 11.3 Å². The number of nitrogens with zero attached hydrogens (tertiary/aromatic N) is 2. The summed E-state index contributed by atoms with van der Waals surface area (Å²) in [5.74, 6) is 0.898. The van der Waals surface area contributed by atoms with Gasteiger partial charge in [-0.15, -0.1) is 11.3 Å². The minimum absolute atomic E-state index is 0.0617. The zero-order valence-electron chi connectivity index (χ0n) is 10.8. The van der Waals surface area contributed by atoms with Gasteiger partial charge in [0.1, 0.15) is 5.75 Å². The van der Waals surface area contributed by atoms with Gasteiger partial charge in [-0.2, -0.15) is 0 Å². The molecule has 0 bridgehead atoms. The van der Waals surface area contributed by atoms with Crippen molar-refractivity contribution in [3.63, 3.8) is 0 Å². The number of para-hydroxylation sites is 1. The van der Waals surface area contributed by atoms with E-state index < -0.39 is 0 Å². The van der Waals surface area contributed by atoms with E-state index in [0.717, 1.165) is 10.9 Å². The van der Waals surface area contributed by atoms with Crippen LogP contribution in [0.15, 0.2) is 41.9 Å². The maximum atomic E-state index is 11.9. The largest absolute Gasteiger partial charge is 0.494 e. The molecule has 0 unspecified atom stereocenters. The Hall–Kier alpha value is -1.88. The first-order valence-electron chi connectivity index (χ1n) is 6.11. The summed E-state index contributed by atoms with van der Waals surface area (Å²) in [4.78, 5) is 17.6. The zero-order chi connectivity index (χ0) is 13.5. The molecular weight excluding hydrogens is 260 g/mol. The number of carbonyl (C=O) groups excluding carboxylic acids is 1. The van der Waals surface area contributed by atoms with Crippen LogP contribution in [-0.2, 0) is 4.79 Å². The molecule has 0 aliphatic rings. The topological polar surface area (TPSA) is 42.4 Å². The number of amides is 1. The highest BCUT2D eigenvalue weighted by Crippen LogP contribution is 2.16. The fourth-order valence-electron chi connectivity index (χ4n) is 1.59. The highest BCUT2D eigenvalue weighted by atomic mass is 32.1. The molecule has 0 saturated carbocycles. The molecule has 1 aromatic heterocycles. The van der Waals surface area contributed by atoms with Crippen molar-refractivity contribution in [1.82, 2.24) is 4.98 Å². The molecule has 1 amide bonds. The quantitative estimate of drug-likeness (QED) is 0.762. The number of benzene rings is 1. The number of anilines is 1. The van der Waals surface area contributed by atoms with Crippen molar-refractivity contribution in [3.8, 4) is 5.75 Å². The predicted octanol–water partition coefficient (Wildman–Crippen LogP) is 2.97. The van der Waals surface area contributed by atoms with E-state index in [9.17, 15) is 4.79 Å². The van der Waals surface area contributed by atoms with Crippen LogP contribution < -0.4 is 9.64 Å². The third-order valence-corrected chi connectivity index (χ3v) is 3.48. The monoisotopic (exact) mass is 276 g/mol. The lowest BCUT2D eigenvalue weighted by atomic mass is 10.3. The molecule has 0 spiro atoms. The molecule has 1 aromatic carbocycles. The van der Waals surface area contributed by atoms with E-state index >= 15 is 0 Å². The van der Waals surface area contributed by atoms with Gasteiger partial charge < -0.3 is 4.74 Å². The molecule has 0 N–H and O–H groups in total. The Bertz CT molecular complexity index is 499. The van der Waals surface area contributed by atoms with Crippen molar-refractivity contribution in [2.75, 3.05) is 18.6 Å². The minimum atomic E-state index is 0.0617. The number of thiazole rings is 1. The van der Waals surface area contributed by atoms with Crippen LogP contribution in [0, 0.1) is 0 Å². The SMILES string of the molecule is CN(C(=O)CCCOc1ccccc1)c1nccs1. The molecule has 2 rings (SSSR count). The summed E-state index contributed by atoms with van der Waals surface area (Å²) in [6, 6.07) is 9.61. The lowest BCUT2D eigenvalue weighted by Gasteiger charge is -2.13. The highest BCUT2D eigenvalue weighted by Gasteiger charge is 2.12. The number of ether oxygens (including phenoxy) is 1. The van der Waals surface area contributed by atoms with Gasteiger partial charge in [0.25, 0.3) is 0 Å². The number of aromatic nitrogens is 1. The van der Waals surface area contributed by atoms with Crippen molar-refractivity contribution < 1.29 is 9.53 Å². The molecule has 0 aliphatic heterocycles. The molecule has 0 fully saturated rings. The Morgan fingerprint density at radius 1 is 1.37 bits per heavy atom. The van der Waals surface area contributed by atoms with E-state index in [0.29, 0.717) is 19.4 Å². The third kappa shape index (κ3) is 4.06. The lowest BCUT2D eigenvalue weighted by Crippen LogP contribution is -2.26. The zero-order valence-corrected chi connectivity index (χ0v) is 11.6. The first-order valence-corrected chi connectivity index (χ1v) is 6.99. The Labute approximate surface area is 116 Å². The summed E-state index contributed by atoms with van der Waals surface area (Å²) in [6.45, 7) is 0.543. The van der Waals surface area contributed by atoms with Crippen LogP contribution in [0.5, 0.6) is 5.75 Å². The van der Waals surface area contributed by atoms with E-state index in [1.54, 1.807) is 18.1 Å². The van der Waals surface area contributed by atoms with Gasteiger partial charge in [-0.1, -0.05) is 18.2 Å². The van der Waals surface area contributed by atoms with E-state index in [2.05, 4.69) is 4.98 Å². The van der Waals surface area contributed by atoms with E-state index in [1.165, 1.54) is 11.3 Å². The summed E-state index contributed by atoms with van der Waals surface area (Å²) >= 11 is 1.46. The molecule has 0 aliphatic carbocycles. The predicted molar refractivity (Wildman–Crippen MR) is 76.7 cm³/mol. The van der Waals surface area contributed by atoms with Crippen molar-refractivity contribution >= 4 is 22.4 Å². The standard InChI is InChI=1S/C14H16N2O2S/c1-16(14-15-9-11-19-14)13(17)8-5-10-18-12-6-3-2-4-7-12/h2-4,6-7,9,11H,5,8,10H2,1H3. The van der Waals surface area contributed by atoms with Crippen LogP contribution in [0.1, 0.15) is 12.8 Å². The molecule has 0 saturated heterocycles. The van der Waals surface area contributed by atoms with Gasteiger partial charge in [-0.05, 0) is 18.6 Å². The van der Waals surface area contributed by atoms with Gasteiger partial charge in [0.05, 0.1) is 6.61 Å². The molecule has 0 radical (unpaired) electrons. The maximum Gasteiger partial charge on any atom is 0.228 e. The van der Waals surface area contributed by atoms with Gasteiger partial charge in [0.2, 0.25) is 5.91 Å². The second kappa shape index (κ2) is 6.89. The van der Waals surface area contributed by atoms with Crippen LogP contribution in [0.25, 0.3) is 0 Å². The van der Waals surface area contributed by atoms with Gasteiger partial charge in [-0.3, -0.25) is 9.69 Å². The van der Waals surface area contributed by atoms with E-state index in [1.807, 2.05) is 35.7 Å². The highest BCUT2D eigenvalue weighted by molar-refractivity contribution is 7.13. The molecule has 4 nitrogen and oxygen atoms in total. The van der Waals surface area contributed by atoms with Crippen LogP contribution in [0.2, 0.25) is 0 Å². The Kier molecular flexibility index (Phi) is 4.92. The molecule has 2 aromatic rings.